The molecule has 0 aromatic heterocycles. The van der Waals surface area contributed by atoms with Crippen LogP contribution in [0.4, 0.5) is 0 Å². The topological polar surface area (TPSA) is 189 Å². The maximum atomic E-state index is 15.4. The van der Waals surface area contributed by atoms with Crippen LogP contribution in [0.5, 0.6) is 0 Å². The Bertz CT molecular complexity index is 3250. The van der Waals surface area contributed by atoms with E-state index in [1.807, 2.05) is 48.5 Å². The van der Waals surface area contributed by atoms with Gasteiger partial charge in [0, 0.05) is 58.7 Å². The molecule has 0 bridgehead atoms. The number of unbranched alkanes of at least 4 members (excludes halogenated alkanes) is 8. The Morgan fingerprint density at radius 3 is 1.00 bits per heavy atom. The normalized spacial score (nSPS) is 22.9. The fourth-order valence-electron chi connectivity index (χ4n) is 15.7. The van der Waals surface area contributed by atoms with Crippen LogP contribution in [0.3, 0.4) is 0 Å². The highest BCUT2D eigenvalue weighted by molar-refractivity contribution is 6.94. The Balaban J connectivity index is 0.835. The summed E-state index contributed by atoms with van der Waals surface area (Å²) < 4.78 is 77.0. The molecule has 0 aliphatic carbocycles. The summed E-state index contributed by atoms with van der Waals surface area (Å²) in [5.41, 5.74) is 2.04. The first kappa shape index (κ1) is 72.6. The van der Waals surface area contributed by atoms with Gasteiger partial charge in [0.2, 0.25) is 0 Å². The Morgan fingerprint density at radius 2 is 0.634 bits per heavy atom. The second kappa shape index (κ2) is 29.8. The zero-order valence-corrected chi connectivity index (χ0v) is 66.2. The minimum absolute atomic E-state index is 0.266. The van der Waals surface area contributed by atoms with Crippen LogP contribution in [-0.4, -0.2) is 192 Å². The lowest BCUT2D eigenvalue weighted by Gasteiger charge is -2.47. The number of benzene rings is 5. The summed E-state index contributed by atoms with van der Waals surface area (Å²) in [5, 5.41) is 6.50. The molecule has 3 saturated heterocycles. The summed E-state index contributed by atoms with van der Waals surface area (Å²) in [7, 11) is -20.1. The van der Waals surface area contributed by atoms with Gasteiger partial charge < -0.3 is 51.9 Å². The van der Waals surface area contributed by atoms with E-state index in [4.69, 9.17) is 51.9 Å². The molecule has 0 spiro atoms. The number of ether oxygens (including phenoxy) is 4. The molecule has 19 nitrogen and oxygen atoms in total. The number of hydrogen-bond donors (Lipinski definition) is 0. The van der Waals surface area contributed by atoms with Crippen LogP contribution in [0, 0.1) is 0 Å². The first-order valence-electron chi connectivity index (χ1n) is 34.5. The van der Waals surface area contributed by atoms with Crippen LogP contribution in [0.25, 0.3) is 43.1 Å². The highest BCUT2D eigenvalue weighted by Gasteiger charge is 2.54. The number of carbonyl (C=O) groups excluding carboxylic acids is 4. The van der Waals surface area contributed by atoms with Crippen molar-refractivity contribution in [2.45, 2.75) is 193 Å². The van der Waals surface area contributed by atoms with Gasteiger partial charge in [0.1, 0.15) is 0 Å². The van der Waals surface area contributed by atoms with E-state index in [9.17, 15) is 9.59 Å². The van der Waals surface area contributed by atoms with E-state index < -0.39 is 68.5 Å². The predicted molar refractivity (Wildman–Crippen MR) is 383 cm³/mol. The first-order valence-corrected chi connectivity index (χ1v) is 56.4. The summed E-state index contributed by atoms with van der Waals surface area (Å²) in [6.45, 7) is 36.7. The summed E-state index contributed by atoms with van der Waals surface area (Å²) in [5.74, 6) is -1.11. The van der Waals surface area contributed by atoms with E-state index in [1.54, 1.807) is 4.90 Å². The number of carbonyl (C=O) groups is 4. The summed E-state index contributed by atoms with van der Waals surface area (Å²) in [4.78, 5) is 65.1. The van der Waals surface area contributed by atoms with Crippen molar-refractivity contribution in [1.82, 2.24) is 14.7 Å². The van der Waals surface area contributed by atoms with E-state index in [-0.39, 0.29) is 29.7 Å². The van der Waals surface area contributed by atoms with Gasteiger partial charge in [-0.2, -0.15) is 0 Å². The van der Waals surface area contributed by atoms with E-state index in [0.717, 1.165) is 128 Å². The van der Waals surface area contributed by atoms with E-state index in [1.165, 1.54) is 4.90 Å². The number of hydrogen-bond acceptors (Lipinski definition) is 17. The molecule has 5 aromatic carbocycles. The van der Waals surface area contributed by atoms with Crippen molar-refractivity contribution in [3.63, 3.8) is 0 Å². The lowest BCUT2D eigenvalue weighted by Crippen LogP contribution is -2.65. The SMILES string of the molecule is C[Si]1(C)O[Si](C)(C)O[Si](C)(CCCCCCC(CCCCCC[Si]2(C)O[Si](C)(C)O[Si](C)(C)O[Si](C)(C)O2)N2C(=O)c3ccc4c5ccc6c7c(ccc(c8ccc(c3c48)C2=O)c75)C(=O)N(CCCCCN2CCOCCOCCOCCOCC2)C6=O)O[Si](C)(C)O1. The third-order valence-electron chi connectivity index (χ3n) is 18.3. The Labute approximate surface area is 560 Å². The lowest BCUT2D eigenvalue weighted by atomic mass is 9.82. The second-order valence-electron chi connectivity index (χ2n) is 29.3. The van der Waals surface area contributed by atoms with Crippen LogP contribution >= 0.6 is 0 Å². The van der Waals surface area contributed by atoms with Crippen LogP contribution in [0.1, 0.15) is 125 Å². The van der Waals surface area contributed by atoms with Gasteiger partial charge in [-0.25, -0.2) is 0 Å². The maximum Gasteiger partial charge on any atom is 0.317 e. The van der Waals surface area contributed by atoms with E-state index in [0.29, 0.717) is 112 Å². The molecular weight excluding hydrogens is 1320 g/mol. The fourth-order valence-corrected chi connectivity index (χ4v) is 59.0. The van der Waals surface area contributed by atoms with Gasteiger partial charge in [-0.05, 0) is 193 Å². The highest BCUT2D eigenvalue weighted by atomic mass is 28.5. The summed E-state index contributed by atoms with van der Waals surface area (Å²) in [6, 6.07) is 16.9. The largest absolute Gasteiger partial charge is 0.416 e. The third kappa shape index (κ3) is 17.9. The number of rotatable bonds is 21. The van der Waals surface area contributed by atoms with Crippen LogP contribution in [0.2, 0.25) is 104 Å². The van der Waals surface area contributed by atoms with Gasteiger partial charge in [-0.1, -0.05) is 82.1 Å². The average molecular weight is 1420 g/mol. The Kier molecular flexibility index (Phi) is 23.2. The quantitative estimate of drug-likeness (QED) is 0.0221. The number of amides is 4. The Morgan fingerprint density at radius 1 is 0.333 bits per heavy atom. The molecular formula is C66H105N3O16Si8. The van der Waals surface area contributed by atoms with E-state index in [2.05, 4.69) is 96.6 Å². The molecule has 4 amide bonds. The van der Waals surface area contributed by atoms with Crippen molar-refractivity contribution < 1.29 is 71.0 Å². The van der Waals surface area contributed by atoms with Gasteiger partial charge >= 0.3 is 68.5 Å². The van der Waals surface area contributed by atoms with Crippen LogP contribution < -0.4 is 0 Å². The molecule has 3 fully saturated rings. The molecule has 5 aliphatic rings. The Hall–Kier alpha value is -3.10. The number of imide groups is 2. The molecule has 93 heavy (non-hydrogen) atoms. The van der Waals surface area contributed by atoms with Gasteiger partial charge in [0.25, 0.3) is 23.6 Å². The second-order valence-corrected chi connectivity index (χ2v) is 58.1. The lowest BCUT2D eigenvalue weighted by molar-refractivity contribution is 0.00206. The third-order valence-corrected chi connectivity index (χ3v) is 51.4. The van der Waals surface area contributed by atoms with Crippen molar-refractivity contribution in [2.75, 3.05) is 79.0 Å². The first-order chi connectivity index (χ1) is 43.9. The highest BCUT2D eigenvalue weighted by Crippen LogP contribution is 2.47. The summed E-state index contributed by atoms with van der Waals surface area (Å²) >= 11 is 0. The van der Waals surface area contributed by atoms with Crippen molar-refractivity contribution in [1.29, 1.82) is 0 Å². The molecule has 5 heterocycles. The standard InChI is InChI=1S/C66H105N3O16Si8/c1-86(2)78-88(5,6)82-92(13,83-89(7,8)79-86)48-24-17-15-20-26-50(27-21-16-18-25-49-93(14)84-90(9,10)80-87(3,4)81-91(11,12)85-93)69-65(72)57-34-30-53-51-28-32-55-61-56(33-29-52(59(51)61)54-31-35-58(66(69)73)62(57)60(53)54)64(71)68(63(55)70)37-23-19-22-36-67-38-40-74-42-44-76-46-47-77-45-43-75-41-39-67/h28-35,50H,15-27,36-49H2,1-14H3. The van der Waals surface area contributed by atoms with Gasteiger partial charge in [0.05, 0.1) is 52.9 Å². The monoisotopic (exact) mass is 1420 g/mol. The maximum absolute atomic E-state index is 15.4. The molecule has 27 heteroatoms. The van der Waals surface area contributed by atoms with Crippen molar-refractivity contribution >= 4 is 135 Å². The molecule has 10 rings (SSSR count). The number of nitrogens with zero attached hydrogens (tertiary/aromatic N) is 3. The molecule has 0 radical (unpaired) electrons. The molecule has 0 atom stereocenters. The molecule has 512 valence electrons. The van der Waals surface area contributed by atoms with Crippen LogP contribution in [0.15, 0.2) is 48.5 Å². The average Bonchev–Trinajstić information content (AvgIpc) is 0.693. The predicted octanol–water partition coefficient (Wildman–Crippen LogP) is 14.3. The molecule has 0 unspecified atom stereocenters. The van der Waals surface area contributed by atoms with Crippen molar-refractivity contribution in [3.8, 4) is 0 Å². The fraction of sp³-hybridized carbons (Fsp3) is 0.636. The molecule has 0 saturated carbocycles. The van der Waals surface area contributed by atoms with Crippen molar-refractivity contribution in [2.24, 2.45) is 0 Å². The smallest absolute Gasteiger partial charge is 0.317 e. The van der Waals surface area contributed by atoms with E-state index >= 15 is 9.59 Å². The summed E-state index contributed by atoms with van der Waals surface area (Å²) in [6.07, 6.45) is 11.2. The zero-order chi connectivity index (χ0) is 66.8. The van der Waals surface area contributed by atoms with Gasteiger partial charge in [0.15, 0.2) is 0 Å². The zero-order valence-electron chi connectivity index (χ0n) is 58.2. The van der Waals surface area contributed by atoms with Crippen LogP contribution in [-0.2, 0) is 51.9 Å². The van der Waals surface area contributed by atoms with Gasteiger partial charge in [-0.15, -0.1) is 0 Å². The van der Waals surface area contributed by atoms with Crippen molar-refractivity contribution in [3.05, 3.63) is 70.8 Å². The minimum Gasteiger partial charge on any atom is -0.416 e. The van der Waals surface area contributed by atoms with Gasteiger partial charge in [-0.3, -0.25) is 33.9 Å². The molecule has 5 aliphatic heterocycles. The number of fused-ring (bicyclic) bond motifs is 2. The molecule has 0 N–H and O–H groups in total. The minimum atomic E-state index is -2.64. The molecule has 5 aromatic rings.